The number of fused-ring (bicyclic) bond motifs is 1. The fourth-order valence-corrected chi connectivity index (χ4v) is 3.92. The molecule has 33 heavy (non-hydrogen) atoms. The van der Waals surface area contributed by atoms with Crippen LogP contribution in [0.5, 0.6) is 17.2 Å². The molecule has 0 radical (unpaired) electrons. The van der Waals surface area contributed by atoms with Crippen LogP contribution in [0.2, 0.25) is 0 Å². The Labute approximate surface area is 190 Å². The van der Waals surface area contributed by atoms with Crippen molar-refractivity contribution in [3.8, 4) is 17.2 Å². The molecule has 3 rings (SSSR count). The second-order valence-electron chi connectivity index (χ2n) is 7.67. The van der Waals surface area contributed by atoms with Gasteiger partial charge in [0.1, 0.15) is 5.65 Å². The van der Waals surface area contributed by atoms with Crippen LogP contribution in [0.4, 0.5) is 5.69 Å². The van der Waals surface area contributed by atoms with Crippen molar-refractivity contribution in [2.24, 2.45) is 14.1 Å². The van der Waals surface area contributed by atoms with Crippen molar-refractivity contribution in [2.75, 3.05) is 26.6 Å². The molecule has 0 aliphatic heterocycles. The molecule has 0 bridgehead atoms. The van der Waals surface area contributed by atoms with Crippen LogP contribution in [0.25, 0.3) is 11.0 Å². The topological polar surface area (TPSA) is 114 Å². The Morgan fingerprint density at radius 1 is 1.00 bits per heavy atom. The number of rotatable bonds is 7. The van der Waals surface area contributed by atoms with E-state index in [1.54, 1.807) is 26.1 Å². The third kappa shape index (κ3) is 4.28. The van der Waals surface area contributed by atoms with Gasteiger partial charge in [-0.1, -0.05) is 0 Å². The minimum absolute atomic E-state index is 0.164. The third-order valence-corrected chi connectivity index (χ3v) is 5.72. The van der Waals surface area contributed by atoms with Crippen molar-refractivity contribution in [3.63, 3.8) is 0 Å². The predicted molar refractivity (Wildman–Crippen MR) is 125 cm³/mol. The predicted octanol–water partition coefficient (Wildman–Crippen LogP) is 1.85. The number of methoxy groups -OCH3 is 3. The van der Waals surface area contributed by atoms with Gasteiger partial charge < -0.3 is 19.5 Å². The van der Waals surface area contributed by atoms with Gasteiger partial charge in [-0.05, 0) is 31.4 Å². The second-order valence-corrected chi connectivity index (χ2v) is 7.67. The number of aromatic nitrogens is 3. The molecule has 0 spiro atoms. The Morgan fingerprint density at radius 2 is 1.61 bits per heavy atom. The van der Waals surface area contributed by atoms with Crippen LogP contribution in [-0.4, -0.2) is 41.4 Å². The number of amides is 1. The molecule has 3 aromatic rings. The van der Waals surface area contributed by atoms with Gasteiger partial charge in [0.2, 0.25) is 11.7 Å². The van der Waals surface area contributed by atoms with Crippen LogP contribution in [0.3, 0.4) is 0 Å². The lowest BCUT2D eigenvalue weighted by atomic mass is 10.00. The van der Waals surface area contributed by atoms with E-state index in [1.165, 1.54) is 32.9 Å². The first-order chi connectivity index (χ1) is 15.6. The van der Waals surface area contributed by atoms with Crippen LogP contribution in [0.15, 0.2) is 21.7 Å². The number of hydrogen-bond acceptors (Lipinski definition) is 7. The fourth-order valence-electron chi connectivity index (χ4n) is 3.92. The number of carbonyl (C=O) groups is 1. The third-order valence-electron chi connectivity index (χ3n) is 5.72. The number of carbonyl (C=O) groups excluding carboxylic acids is 1. The highest BCUT2D eigenvalue weighted by atomic mass is 16.5. The molecule has 0 saturated carbocycles. The normalized spacial score (nSPS) is 10.9. The highest BCUT2D eigenvalue weighted by molar-refractivity contribution is 5.92. The zero-order chi connectivity index (χ0) is 24.4. The fraction of sp³-hybridized carbons (Fsp3) is 0.391. The number of nitrogens with zero attached hydrogens (tertiary/aromatic N) is 3. The van der Waals surface area contributed by atoms with E-state index < -0.39 is 11.2 Å². The molecule has 1 N–H and O–H groups in total. The minimum atomic E-state index is -0.434. The summed E-state index contributed by atoms with van der Waals surface area (Å²) in [5.41, 5.74) is 2.20. The molecule has 1 amide bonds. The Hall–Kier alpha value is -3.82. The van der Waals surface area contributed by atoms with Crippen molar-refractivity contribution in [3.05, 3.63) is 49.8 Å². The highest BCUT2D eigenvalue weighted by Gasteiger charge is 2.18. The van der Waals surface area contributed by atoms with E-state index in [0.29, 0.717) is 51.6 Å². The Bertz CT molecular complexity index is 1330. The van der Waals surface area contributed by atoms with E-state index >= 15 is 0 Å². The molecular weight excluding hydrogens is 428 g/mol. The lowest BCUT2D eigenvalue weighted by Crippen LogP contribution is -2.38. The number of aryl methyl sites for hydroxylation is 3. The van der Waals surface area contributed by atoms with Gasteiger partial charge in [0.15, 0.2) is 11.5 Å². The molecule has 10 heteroatoms. The van der Waals surface area contributed by atoms with Gasteiger partial charge in [0, 0.05) is 44.0 Å². The molecule has 1 aromatic carbocycles. The van der Waals surface area contributed by atoms with Gasteiger partial charge in [-0.3, -0.25) is 18.7 Å². The SMILES string of the molecule is COc1cc(NC(=O)CCc2c(C)nc3c(c2C)c(=O)n(C)c(=O)n3C)cc(OC)c1OC. The van der Waals surface area contributed by atoms with Gasteiger partial charge in [-0.25, -0.2) is 9.78 Å². The largest absolute Gasteiger partial charge is 0.493 e. The van der Waals surface area contributed by atoms with Crippen LogP contribution >= 0.6 is 0 Å². The van der Waals surface area contributed by atoms with Gasteiger partial charge >= 0.3 is 5.69 Å². The lowest BCUT2D eigenvalue weighted by molar-refractivity contribution is -0.116. The van der Waals surface area contributed by atoms with Gasteiger partial charge in [0.25, 0.3) is 5.56 Å². The van der Waals surface area contributed by atoms with E-state index in [2.05, 4.69) is 10.3 Å². The second kappa shape index (κ2) is 9.35. The average molecular weight is 456 g/mol. The van der Waals surface area contributed by atoms with Crippen molar-refractivity contribution in [1.29, 1.82) is 0 Å². The van der Waals surface area contributed by atoms with E-state index in [4.69, 9.17) is 14.2 Å². The number of benzene rings is 1. The summed E-state index contributed by atoms with van der Waals surface area (Å²) in [4.78, 5) is 42.2. The molecule has 0 saturated heterocycles. The Kier molecular flexibility index (Phi) is 6.75. The molecular formula is C23H28N4O6. The number of pyridine rings is 1. The van der Waals surface area contributed by atoms with E-state index in [9.17, 15) is 14.4 Å². The zero-order valence-corrected chi connectivity index (χ0v) is 19.9. The van der Waals surface area contributed by atoms with Gasteiger partial charge in [-0.2, -0.15) is 0 Å². The van der Waals surface area contributed by atoms with Crippen molar-refractivity contribution in [1.82, 2.24) is 14.1 Å². The Balaban J connectivity index is 1.89. The summed E-state index contributed by atoms with van der Waals surface area (Å²) in [5, 5.41) is 3.22. The quantitative estimate of drug-likeness (QED) is 0.577. The summed E-state index contributed by atoms with van der Waals surface area (Å²) in [6.07, 6.45) is 0.542. The van der Waals surface area contributed by atoms with Crippen LogP contribution in [0, 0.1) is 13.8 Å². The van der Waals surface area contributed by atoms with Crippen LogP contribution in [-0.2, 0) is 25.3 Å². The number of ether oxygens (including phenoxy) is 3. The van der Waals surface area contributed by atoms with E-state index in [1.807, 2.05) is 6.92 Å². The van der Waals surface area contributed by atoms with Crippen molar-refractivity contribution >= 4 is 22.6 Å². The zero-order valence-electron chi connectivity index (χ0n) is 19.9. The summed E-state index contributed by atoms with van der Waals surface area (Å²) in [6.45, 7) is 3.62. The molecule has 10 nitrogen and oxygen atoms in total. The minimum Gasteiger partial charge on any atom is -0.493 e. The Morgan fingerprint density at radius 3 is 2.15 bits per heavy atom. The number of anilines is 1. The molecule has 0 fully saturated rings. The van der Waals surface area contributed by atoms with Crippen LogP contribution < -0.4 is 30.8 Å². The first kappa shape index (κ1) is 23.8. The molecule has 0 aliphatic rings. The monoisotopic (exact) mass is 456 g/mol. The highest BCUT2D eigenvalue weighted by Crippen LogP contribution is 2.40. The first-order valence-electron chi connectivity index (χ1n) is 10.3. The maximum absolute atomic E-state index is 12.7. The number of nitrogens with one attached hydrogen (secondary N) is 1. The standard InChI is InChI=1S/C23H28N4O6/c1-12-15(13(2)24-21-19(12)22(29)27(4)23(30)26(21)3)8-9-18(28)25-14-10-16(31-5)20(33-7)17(11-14)32-6/h10-11H,8-9H2,1-7H3,(H,25,28). The molecule has 176 valence electrons. The van der Waals surface area contributed by atoms with E-state index in [-0.39, 0.29) is 12.3 Å². The van der Waals surface area contributed by atoms with Crippen molar-refractivity contribution < 1.29 is 19.0 Å². The molecule has 2 heterocycles. The molecule has 0 unspecified atom stereocenters. The van der Waals surface area contributed by atoms with Crippen LogP contribution in [0.1, 0.15) is 23.2 Å². The van der Waals surface area contributed by atoms with Gasteiger partial charge in [-0.15, -0.1) is 0 Å². The van der Waals surface area contributed by atoms with E-state index in [0.717, 1.165) is 10.1 Å². The smallest absolute Gasteiger partial charge is 0.332 e. The summed E-state index contributed by atoms with van der Waals surface area (Å²) in [7, 11) is 7.53. The maximum Gasteiger partial charge on any atom is 0.332 e. The average Bonchev–Trinajstić information content (AvgIpc) is 2.80. The summed E-state index contributed by atoms with van der Waals surface area (Å²) in [6, 6.07) is 3.30. The lowest BCUT2D eigenvalue weighted by Gasteiger charge is -2.16. The molecule has 0 atom stereocenters. The first-order valence-corrected chi connectivity index (χ1v) is 10.3. The summed E-state index contributed by atoms with van der Waals surface area (Å²) < 4.78 is 18.4. The summed E-state index contributed by atoms with van der Waals surface area (Å²) in [5.74, 6) is 1.07. The summed E-state index contributed by atoms with van der Waals surface area (Å²) >= 11 is 0. The van der Waals surface area contributed by atoms with Crippen molar-refractivity contribution in [2.45, 2.75) is 26.7 Å². The van der Waals surface area contributed by atoms with Gasteiger partial charge in [0.05, 0.1) is 26.7 Å². The molecule has 0 aliphatic carbocycles. The molecule has 2 aromatic heterocycles. The number of hydrogen-bond donors (Lipinski definition) is 1. The maximum atomic E-state index is 12.7.